The maximum absolute atomic E-state index is 5.73. The van der Waals surface area contributed by atoms with Crippen molar-refractivity contribution >= 4 is 23.2 Å². The zero-order valence-electron chi connectivity index (χ0n) is 7.18. The van der Waals surface area contributed by atoms with Gasteiger partial charge in [-0.1, -0.05) is 11.6 Å². The standard InChI is InChI=1S/C8H8ClN5/c9-5-1-3-6(4-2-5)11-8-12-7(10)13-14-8/h1-4,8,11H,(H2,10,12)/t8-/m1/s1. The average Bonchev–Trinajstić information content (AvgIpc) is 2.56. The van der Waals surface area contributed by atoms with Crippen LogP contribution in [0.3, 0.4) is 0 Å². The van der Waals surface area contributed by atoms with E-state index in [4.69, 9.17) is 17.3 Å². The van der Waals surface area contributed by atoms with Crippen LogP contribution in [0.15, 0.2) is 39.5 Å². The molecule has 1 aliphatic heterocycles. The first-order chi connectivity index (χ1) is 6.74. The van der Waals surface area contributed by atoms with Crippen molar-refractivity contribution < 1.29 is 0 Å². The van der Waals surface area contributed by atoms with Crippen molar-refractivity contribution in [2.75, 3.05) is 5.32 Å². The van der Waals surface area contributed by atoms with Gasteiger partial charge in [0.25, 0.3) is 0 Å². The van der Waals surface area contributed by atoms with E-state index in [1.54, 1.807) is 12.1 Å². The van der Waals surface area contributed by atoms with Gasteiger partial charge in [0.05, 0.1) is 0 Å². The van der Waals surface area contributed by atoms with Crippen molar-refractivity contribution in [1.82, 2.24) is 0 Å². The molecule has 1 aromatic carbocycles. The Bertz CT molecular complexity index is 383. The van der Waals surface area contributed by atoms with Crippen molar-refractivity contribution in [3.05, 3.63) is 29.3 Å². The summed E-state index contributed by atoms with van der Waals surface area (Å²) in [6.45, 7) is 0. The molecule has 1 aliphatic rings. The van der Waals surface area contributed by atoms with Crippen LogP contribution in [0.5, 0.6) is 0 Å². The maximum Gasteiger partial charge on any atom is 0.238 e. The SMILES string of the molecule is NC1=N[C@@H](Nc2ccc(Cl)cc2)N=N1. The number of guanidine groups is 1. The molecule has 0 aromatic heterocycles. The smallest absolute Gasteiger partial charge is 0.238 e. The fraction of sp³-hybridized carbons (Fsp3) is 0.125. The van der Waals surface area contributed by atoms with Crippen molar-refractivity contribution in [3.8, 4) is 0 Å². The first-order valence-corrected chi connectivity index (χ1v) is 4.38. The predicted octanol–water partition coefficient (Wildman–Crippen LogP) is 1.82. The fourth-order valence-corrected chi connectivity index (χ4v) is 1.17. The van der Waals surface area contributed by atoms with E-state index < -0.39 is 6.29 Å². The van der Waals surface area contributed by atoms with Crippen molar-refractivity contribution in [3.63, 3.8) is 0 Å². The number of benzene rings is 1. The Kier molecular flexibility index (Phi) is 2.32. The summed E-state index contributed by atoms with van der Waals surface area (Å²) in [6.07, 6.45) is -0.420. The maximum atomic E-state index is 5.73. The highest BCUT2D eigenvalue weighted by molar-refractivity contribution is 6.30. The Labute approximate surface area is 85.7 Å². The first-order valence-electron chi connectivity index (χ1n) is 4.00. The lowest BCUT2D eigenvalue weighted by atomic mass is 10.3. The summed E-state index contributed by atoms with van der Waals surface area (Å²) in [5.74, 6) is 0.191. The van der Waals surface area contributed by atoms with E-state index in [2.05, 4.69) is 20.5 Å². The summed E-state index contributed by atoms with van der Waals surface area (Å²) in [5.41, 5.74) is 6.20. The number of hydrogen-bond donors (Lipinski definition) is 2. The Hall–Kier alpha value is -1.62. The summed E-state index contributed by atoms with van der Waals surface area (Å²) in [4.78, 5) is 3.92. The fourth-order valence-electron chi connectivity index (χ4n) is 1.05. The summed E-state index contributed by atoms with van der Waals surface area (Å²) in [5, 5.41) is 11.1. The second kappa shape index (κ2) is 3.63. The van der Waals surface area contributed by atoms with Gasteiger partial charge in [0, 0.05) is 10.7 Å². The molecule has 0 unspecified atom stereocenters. The van der Waals surface area contributed by atoms with E-state index in [1.807, 2.05) is 12.1 Å². The minimum Gasteiger partial charge on any atom is -0.367 e. The van der Waals surface area contributed by atoms with Crippen molar-refractivity contribution in [2.45, 2.75) is 6.29 Å². The molecule has 0 bridgehead atoms. The Morgan fingerprint density at radius 2 is 2.00 bits per heavy atom. The van der Waals surface area contributed by atoms with Crippen LogP contribution in [0.4, 0.5) is 5.69 Å². The zero-order chi connectivity index (χ0) is 9.97. The van der Waals surface area contributed by atoms with Crippen LogP contribution in [0.1, 0.15) is 0 Å². The van der Waals surface area contributed by atoms with E-state index in [1.165, 1.54) is 0 Å². The quantitative estimate of drug-likeness (QED) is 0.780. The van der Waals surface area contributed by atoms with Crippen LogP contribution in [0, 0.1) is 0 Å². The average molecular weight is 210 g/mol. The largest absolute Gasteiger partial charge is 0.367 e. The molecule has 0 spiro atoms. The van der Waals surface area contributed by atoms with Crippen LogP contribution in [-0.2, 0) is 0 Å². The van der Waals surface area contributed by atoms with E-state index in [0.717, 1.165) is 5.69 Å². The highest BCUT2D eigenvalue weighted by Gasteiger charge is 2.10. The van der Waals surface area contributed by atoms with Gasteiger partial charge in [0.2, 0.25) is 12.2 Å². The molecule has 6 heteroatoms. The second-order valence-electron chi connectivity index (χ2n) is 2.73. The van der Waals surface area contributed by atoms with Gasteiger partial charge in [-0.05, 0) is 24.3 Å². The van der Waals surface area contributed by atoms with Crippen molar-refractivity contribution in [1.29, 1.82) is 0 Å². The topological polar surface area (TPSA) is 75.1 Å². The molecule has 0 saturated carbocycles. The van der Waals surface area contributed by atoms with Crippen LogP contribution in [0.25, 0.3) is 0 Å². The van der Waals surface area contributed by atoms with Crippen LogP contribution < -0.4 is 11.1 Å². The molecule has 3 N–H and O–H groups in total. The monoisotopic (exact) mass is 209 g/mol. The number of nitrogens with two attached hydrogens (primary N) is 1. The lowest BCUT2D eigenvalue weighted by Crippen LogP contribution is -2.13. The summed E-state index contributed by atoms with van der Waals surface area (Å²) in [6, 6.07) is 7.23. The summed E-state index contributed by atoms with van der Waals surface area (Å²) >= 11 is 5.73. The number of aliphatic imine (C=N–C) groups is 1. The number of nitrogens with one attached hydrogen (secondary N) is 1. The van der Waals surface area contributed by atoms with Gasteiger partial charge in [-0.25, -0.2) is 4.99 Å². The lowest BCUT2D eigenvalue weighted by molar-refractivity contribution is 0.804. The molecule has 5 nitrogen and oxygen atoms in total. The van der Waals surface area contributed by atoms with E-state index in [-0.39, 0.29) is 5.96 Å². The van der Waals surface area contributed by atoms with Crippen LogP contribution in [-0.4, -0.2) is 12.2 Å². The third-order valence-electron chi connectivity index (χ3n) is 1.66. The van der Waals surface area contributed by atoms with Gasteiger partial charge in [-0.2, -0.15) is 0 Å². The van der Waals surface area contributed by atoms with E-state index in [0.29, 0.717) is 5.02 Å². The third kappa shape index (κ3) is 2.00. The van der Waals surface area contributed by atoms with Gasteiger partial charge in [0.15, 0.2) is 0 Å². The highest BCUT2D eigenvalue weighted by atomic mass is 35.5. The molecular weight excluding hydrogens is 202 g/mol. The molecule has 1 aromatic rings. The Morgan fingerprint density at radius 3 is 2.57 bits per heavy atom. The highest BCUT2D eigenvalue weighted by Crippen LogP contribution is 2.15. The van der Waals surface area contributed by atoms with Gasteiger partial charge in [0.1, 0.15) is 0 Å². The molecule has 1 heterocycles. The molecule has 0 aliphatic carbocycles. The van der Waals surface area contributed by atoms with E-state index in [9.17, 15) is 0 Å². The number of anilines is 1. The molecule has 0 amide bonds. The molecule has 72 valence electrons. The minimum atomic E-state index is -0.420. The number of hydrogen-bond acceptors (Lipinski definition) is 5. The molecule has 14 heavy (non-hydrogen) atoms. The van der Waals surface area contributed by atoms with Crippen LogP contribution >= 0.6 is 11.6 Å². The Balaban J connectivity index is 2.05. The molecule has 1 atom stereocenters. The zero-order valence-corrected chi connectivity index (χ0v) is 7.94. The van der Waals surface area contributed by atoms with Gasteiger partial charge in [-0.3, -0.25) is 0 Å². The normalized spacial score (nSPS) is 19.5. The molecular formula is C8H8ClN5. The summed E-state index contributed by atoms with van der Waals surface area (Å²) in [7, 11) is 0. The van der Waals surface area contributed by atoms with E-state index >= 15 is 0 Å². The van der Waals surface area contributed by atoms with Gasteiger partial charge in [-0.15, -0.1) is 10.2 Å². The second-order valence-corrected chi connectivity index (χ2v) is 3.16. The molecule has 2 rings (SSSR count). The van der Waals surface area contributed by atoms with Crippen molar-refractivity contribution in [2.24, 2.45) is 21.0 Å². The minimum absolute atomic E-state index is 0.191. The molecule has 0 fully saturated rings. The third-order valence-corrected chi connectivity index (χ3v) is 1.92. The number of nitrogens with zero attached hydrogens (tertiary/aromatic N) is 3. The Morgan fingerprint density at radius 1 is 1.29 bits per heavy atom. The number of halogens is 1. The lowest BCUT2D eigenvalue weighted by Gasteiger charge is -2.06. The first kappa shape index (κ1) is 8.96. The van der Waals surface area contributed by atoms with Gasteiger partial charge >= 0.3 is 0 Å². The van der Waals surface area contributed by atoms with Gasteiger partial charge < -0.3 is 11.1 Å². The predicted molar refractivity (Wildman–Crippen MR) is 55.3 cm³/mol. The number of azo groups is 1. The number of rotatable bonds is 2. The summed E-state index contributed by atoms with van der Waals surface area (Å²) < 4.78 is 0. The molecule has 0 radical (unpaired) electrons. The van der Waals surface area contributed by atoms with Crippen LogP contribution in [0.2, 0.25) is 5.02 Å². The molecule has 0 saturated heterocycles.